The molecule has 0 bridgehead atoms. The van der Waals surface area contributed by atoms with Gasteiger partial charge in [-0.1, -0.05) is 5.16 Å². The molecule has 0 saturated heterocycles. The van der Waals surface area contributed by atoms with Gasteiger partial charge in [0, 0.05) is 18.3 Å². The first kappa shape index (κ1) is 14.1. The summed E-state index contributed by atoms with van der Waals surface area (Å²) in [7, 11) is 1.36. The predicted octanol–water partition coefficient (Wildman–Crippen LogP) is 2.09. The predicted molar refractivity (Wildman–Crippen MR) is 63.0 cm³/mol. The Labute approximate surface area is 102 Å². The summed E-state index contributed by atoms with van der Waals surface area (Å²) in [6.07, 6.45) is -4.26. The van der Waals surface area contributed by atoms with Crippen molar-refractivity contribution in [1.29, 1.82) is 0 Å². The van der Waals surface area contributed by atoms with Crippen molar-refractivity contribution in [2.45, 2.75) is 13.1 Å². The minimum atomic E-state index is -4.26. The standard InChI is InChI=1S/C11H14F3N3O/c1-7-5-8(10(15)16-18)3-4-9(7)17(2)6-11(12,13)14/h3-5,18H,6H2,1-2H3,(H2,15,16). The minimum absolute atomic E-state index is 0.0804. The molecule has 1 rings (SSSR count). The Kier molecular flexibility index (Phi) is 4.05. The van der Waals surface area contributed by atoms with Gasteiger partial charge in [0.05, 0.1) is 0 Å². The molecule has 100 valence electrons. The number of oxime groups is 1. The smallest absolute Gasteiger partial charge is 0.405 e. The normalized spacial score (nSPS) is 12.6. The van der Waals surface area contributed by atoms with Crippen LogP contribution in [0.25, 0.3) is 0 Å². The summed E-state index contributed by atoms with van der Waals surface area (Å²) in [4.78, 5) is 1.10. The highest BCUT2D eigenvalue weighted by molar-refractivity contribution is 5.97. The minimum Gasteiger partial charge on any atom is -0.409 e. The summed E-state index contributed by atoms with van der Waals surface area (Å²) < 4.78 is 36.8. The van der Waals surface area contributed by atoms with Crippen LogP contribution in [0.1, 0.15) is 11.1 Å². The Balaban J connectivity index is 2.99. The van der Waals surface area contributed by atoms with Gasteiger partial charge in [0.25, 0.3) is 0 Å². The maximum Gasteiger partial charge on any atom is 0.405 e. The Morgan fingerprint density at radius 1 is 1.44 bits per heavy atom. The van der Waals surface area contributed by atoms with Crippen molar-refractivity contribution in [3.05, 3.63) is 29.3 Å². The van der Waals surface area contributed by atoms with Crippen LogP contribution in [0.2, 0.25) is 0 Å². The van der Waals surface area contributed by atoms with Crippen LogP contribution in [0.4, 0.5) is 18.9 Å². The van der Waals surface area contributed by atoms with Gasteiger partial charge in [0.1, 0.15) is 6.54 Å². The average Bonchev–Trinajstić information content (AvgIpc) is 2.25. The number of hydrogen-bond donors (Lipinski definition) is 2. The van der Waals surface area contributed by atoms with Crippen molar-refractivity contribution in [3.8, 4) is 0 Å². The summed E-state index contributed by atoms with van der Waals surface area (Å²) in [6, 6.07) is 4.58. The van der Waals surface area contributed by atoms with Crippen molar-refractivity contribution < 1.29 is 18.4 Å². The highest BCUT2D eigenvalue weighted by Crippen LogP contribution is 2.24. The van der Waals surface area contributed by atoms with Crippen LogP contribution >= 0.6 is 0 Å². The lowest BCUT2D eigenvalue weighted by atomic mass is 10.1. The number of benzene rings is 1. The van der Waals surface area contributed by atoms with Crippen LogP contribution in [-0.4, -0.2) is 30.8 Å². The molecular formula is C11H14F3N3O. The van der Waals surface area contributed by atoms with E-state index in [1.807, 2.05) is 0 Å². The maximum absolute atomic E-state index is 12.3. The number of rotatable bonds is 3. The molecule has 0 amide bonds. The lowest BCUT2D eigenvalue weighted by Gasteiger charge is -2.23. The molecule has 0 aromatic heterocycles. The number of nitrogens with zero attached hydrogens (tertiary/aromatic N) is 2. The summed E-state index contributed by atoms with van der Waals surface area (Å²) >= 11 is 0. The van der Waals surface area contributed by atoms with Crippen LogP contribution in [0.3, 0.4) is 0 Å². The van der Waals surface area contributed by atoms with E-state index < -0.39 is 12.7 Å². The first-order valence-corrected chi connectivity index (χ1v) is 5.11. The molecule has 0 aliphatic rings. The molecule has 0 fully saturated rings. The van der Waals surface area contributed by atoms with Crippen molar-refractivity contribution in [1.82, 2.24) is 0 Å². The topological polar surface area (TPSA) is 61.9 Å². The van der Waals surface area contributed by atoms with Gasteiger partial charge in [-0.15, -0.1) is 0 Å². The monoisotopic (exact) mass is 261 g/mol. The number of nitrogens with two attached hydrogens (primary N) is 1. The van der Waals surface area contributed by atoms with E-state index in [1.54, 1.807) is 13.0 Å². The Bertz CT molecular complexity index is 457. The largest absolute Gasteiger partial charge is 0.409 e. The number of halogens is 3. The summed E-state index contributed by atoms with van der Waals surface area (Å²) in [5, 5.41) is 11.3. The molecule has 0 saturated carbocycles. The Morgan fingerprint density at radius 2 is 2.06 bits per heavy atom. The van der Waals surface area contributed by atoms with Crippen molar-refractivity contribution in [2.75, 3.05) is 18.5 Å². The number of amidine groups is 1. The summed E-state index contributed by atoms with van der Waals surface area (Å²) in [6.45, 7) is 0.632. The lowest BCUT2D eigenvalue weighted by Crippen LogP contribution is -2.31. The molecule has 7 heteroatoms. The molecule has 0 spiro atoms. The van der Waals surface area contributed by atoms with Crippen LogP contribution < -0.4 is 10.6 Å². The number of anilines is 1. The second kappa shape index (κ2) is 5.16. The molecule has 0 radical (unpaired) electrons. The summed E-state index contributed by atoms with van der Waals surface area (Å²) in [5.74, 6) is -0.0804. The molecule has 0 atom stereocenters. The average molecular weight is 261 g/mol. The zero-order chi connectivity index (χ0) is 13.9. The molecular weight excluding hydrogens is 247 g/mol. The van der Waals surface area contributed by atoms with Gasteiger partial charge in [-0.2, -0.15) is 13.2 Å². The van der Waals surface area contributed by atoms with E-state index in [2.05, 4.69) is 5.16 Å². The van der Waals surface area contributed by atoms with Gasteiger partial charge >= 0.3 is 6.18 Å². The molecule has 0 aliphatic carbocycles. The fraction of sp³-hybridized carbons (Fsp3) is 0.364. The third-order valence-electron chi connectivity index (χ3n) is 2.43. The highest BCUT2D eigenvalue weighted by Gasteiger charge is 2.29. The molecule has 0 aliphatic heterocycles. The molecule has 0 heterocycles. The Morgan fingerprint density at radius 3 is 2.50 bits per heavy atom. The van der Waals surface area contributed by atoms with E-state index in [1.165, 1.54) is 19.2 Å². The SMILES string of the molecule is Cc1cc(/C(N)=N/O)ccc1N(C)CC(F)(F)F. The van der Waals surface area contributed by atoms with Gasteiger partial charge in [0.2, 0.25) is 0 Å². The van der Waals surface area contributed by atoms with Crippen molar-refractivity contribution in [3.63, 3.8) is 0 Å². The number of aryl methyl sites for hydroxylation is 1. The van der Waals surface area contributed by atoms with E-state index in [0.29, 0.717) is 16.8 Å². The van der Waals surface area contributed by atoms with Crippen LogP contribution in [-0.2, 0) is 0 Å². The van der Waals surface area contributed by atoms with E-state index in [4.69, 9.17) is 10.9 Å². The lowest BCUT2D eigenvalue weighted by molar-refractivity contribution is -0.119. The third kappa shape index (κ3) is 3.54. The van der Waals surface area contributed by atoms with Crippen LogP contribution in [0.5, 0.6) is 0 Å². The fourth-order valence-electron chi connectivity index (χ4n) is 1.65. The molecule has 1 aromatic rings. The first-order valence-electron chi connectivity index (χ1n) is 5.11. The highest BCUT2D eigenvalue weighted by atomic mass is 19.4. The number of alkyl halides is 3. The Hall–Kier alpha value is -1.92. The number of hydrogen-bond acceptors (Lipinski definition) is 3. The van der Waals surface area contributed by atoms with Crippen LogP contribution in [0.15, 0.2) is 23.4 Å². The van der Waals surface area contributed by atoms with Gasteiger partial charge in [-0.25, -0.2) is 0 Å². The molecule has 4 nitrogen and oxygen atoms in total. The van der Waals surface area contributed by atoms with E-state index in [-0.39, 0.29) is 5.84 Å². The van der Waals surface area contributed by atoms with E-state index >= 15 is 0 Å². The maximum atomic E-state index is 12.3. The fourth-order valence-corrected chi connectivity index (χ4v) is 1.65. The molecule has 1 aromatic carbocycles. The van der Waals surface area contributed by atoms with Gasteiger partial charge in [-0.3, -0.25) is 0 Å². The molecule has 3 N–H and O–H groups in total. The van der Waals surface area contributed by atoms with E-state index in [9.17, 15) is 13.2 Å². The van der Waals surface area contributed by atoms with Gasteiger partial charge in [-0.05, 0) is 30.7 Å². The summed E-state index contributed by atoms with van der Waals surface area (Å²) in [5.41, 5.74) is 6.92. The van der Waals surface area contributed by atoms with Crippen LogP contribution in [0, 0.1) is 6.92 Å². The molecule has 18 heavy (non-hydrogen) atoms. The zero-order valence-electron chi connectivity index (χ0n) is 9.99. The zero-order valence-corrected chi connectivity index (χ0v) is 9.99. The van der Waals surface area contributed by atoms with Gasteiger partial charge in [0.15, 0.2) is 5.84 Å². The third-order valence-corrected chi connectivity index (χ3v) is 2.43. The van der Waals surface area contributed by atoms with Gasteiger partial charge < -0.3 is 15.8 Å². The second-order valence-electron chi connectivity index (χ2n) is 3.96. The van der Waals surface area contributed by atoms with Crippen molar-refractivity contribution in [2.24, 2.45) is 10.9 Å². The van der Waals surface area contributed by atoms with Crippen molar-refractivity contribution >= 4 is 11.5 Å². The van der Waals surface area contributed by atoms with E-state index in [0.717, 1.165) is 4.90 Å². The second-order valence-corrected chi connectivity index (χ2v) is 3.96. The molecule has 0 unspecified atom stereocenters. The quantitative estimate of drug-likeness (QED) is 0.379. The first-order chi connectivity index (χ1) is 8.24.